The highest BCUT2D eigenvalue weighted by Gasteiger charge is 2.18. The Morgan fingerprint density at radius 1 is 0.923 bits per heavy atom. The molecular formula is C28H22F2N4O4S. The number of anilines is 1. The SMILES string of the molecule is COc1cc2nccc(Oc3ccc(NC(=O)c4cc(SC)n(-c5ccc(F)cc5)n4)c(F)c3)c2cc1OC. The van der Waals surface area contributed by atoms with Crippen LogP contribution in [-0.4, -0.2) is 41.1 Å². The predicted octanol–water partition coefficient (Wildman–Crippen LogP) is 6.48. The number of carbonyl (C=O) groups is 1. The Morgan fingerprint density at radius 3 is 2.36 bits per heavy atom. The number of hydrogen-bond acceptors (Lipinski definition) is 7. The largest absolute Gasteiger partial charge is 0.493 e. The second-order valence-electron chi connectivity index (χ2n) is 8.19. The first kappa shape index (κ1) is 26.0. The molecule has 0 unspecified atom stereocenters. The number of halogens is 2. The van der Waals surface area contributed by atoms with E-state index in [9.17, 15) is 9.18 Å². The van der Waals surface area contributed by atoms with Crippen LogP contribution in [0.4, 0.5) is 14.5 Å². The van der Waals surface area contributed by atoms with Gasteiger partial charge in [-0.25, -0.2) is 13.5 Å². The Bertz CT molecular complexity index is 1680. The average Bonchev–Trinajstić information content (AvgIpc) is 3.39. The van der Waals surface area contributed by atoms with E-state index < -0.39 is 11.7 Å². The van der Waals surface area contributed by atoms with Gasteiger partial charge in [-0.1, -0.05) is 0 Å². The minimum atomic E-state index is -0.693. The third-order valence-corrected chi connectivity index (χ3v) is 6.52. The number of fused-ring (bicyclic) bond motifs is 1. The van der Waals surface area contributed by atoms with Crippen molar-refractivity contribution in [2.75, 3.05) is 25.8 Å². The zero-order valence-corrected chi connectivity index (χ0v) is 21.9. The molecule has 0 saturated heterocycles. The summed E-state index contributed by atoms with van der Waals surface area (Å²) in [6.07, 6.45) is 3.40. The van der Waals surface area contributed by atoms with Crippen molar-refractivity contribution in [1.29, 1.82) is 0 Å². The quantitative estimate of drug-likeness (QED) is 0.222. The molecule has 1 amide bonds. The number of pyridine rings is 1. The number of carbonyl (C=O) groups excluding carboxylic acids is 1. The third kappa shape index (κ3) is 5.34. The number of ether oxygens (including phenoxy) is 3. The molecule has 5 aromatic rings. The molecule has 0 saturated carbocycles. The number of thioether (sulfide) groups is 1. The summed E-state index contributed by atoms with van der Waals surface area (Å²) < 4.78 is 46.5. The normalized spacial score (nSPS) is 10.9. The molecule has 39 heavy (non-hydrogen) atoms. The molecule has 0 aliphatic heterocycles. The van der Waals surface area contributed by atoms with Crippen LogP contribution < -0.4 is 19.5 Å². The predicted molar refractivity (Wildman–Crippen MR) is 145 cm³/mol. The maximum atomic E-state index is 15.0. The Hall–Kier alpha value is -4.64. The lowest BCUT2D eigenvalue weighted by molar-refractivity contribution is 0.102. The number of rotatable bonds is 8. The molecule has 0 spiro atoms. The van der Waals surface area contributed by atoms with E-state index in [0.29, 0.717) is 38.9 Å². The number of hydrogen-bond donors (Lipinski definition) is 1. The van der Waals surface area contributed by atoms with Gasteiger partial charge in [0.05, 0.1) is 31.1 Å². The Balaban J connectivity index is 1.36. The van der Waals surface area contributed by atoms with Gasteiger partial charge >= 0.3 is 0 Å². The first-order valence-corrected chi connectivity index (χ1v) is 12.8. The van der Waals surface area contributed by atoms with E-state index in [0.717, 1.165) is 0 Å². The summed E-state index contributed by atoms with van der Waals surface area (Å²) in [7, 11) is 3.06. The van der Waals surface area contributed by atoms with E-state index in [1.165, 1.54) is 61.0 Å². The molecule has 2 heterocycles. The van der Waals surface area contributed by atoms with Gasteiger partial charge in [0.25, 0.3) is 5.91 Å². The fraction of sp³-hybridized carbons (Fsp3) is 0.107. The van der Waals surface area contributed by atoms with Gasteiger partial charge in [-0.2, -0.15) is 5.10 Å². The molecule has 0 fully saturated rings. The second kappa shape index (κ2) is 11.0. The van der Waals surface area contributed by atoms with Crippen molar-refractivity contribution in [2.24, 2.45) is 0 Å². The highest BCUT2D eigenvalue weighted by atomic mass is 32.2. The summed E-state index contributed by atoms with van der Waals surface area (Å²) >= 11 is 1.37. The molecule has 0 bridgehead atoms. The van der Waals surface area contributed by atoms with Crippen molar-refractivity contribution in [3.05, 3.63) is 90.3 Å². The molecule has 8 nitrogen and oxygen atoms in total. The lowest BCUT2D eigenvalue weighted by Gasteiger charge is -2.13. The van der Waals surface area contributed by atoms with Crippen molar-refractivity contribution >= 4 is 34.3 Å². The summed E-state index contributed by atoms with van der Waals surface area (Å²) in [6, 6.07) is 16.5. The number of methoxy groups -OCH3 is 2. The first-order valence-electron chi connectivity index (χ1n) is 11.6. The summed E-state index contributed by atoms with van der Waals surface area (Å²) in [6.45, 7) is 0. The summed E-state index contributed by atoms with van der Waals surface area (Å²) in [5.74, 6) is 0.00797. The highest BCUT2D eigenvalue weighted by molar-refractivity contribution is 7.98. The molecule has 2 aromatic heterocycles. The zero-order valence-electron chi connectivity index (χ0n) is 21.1. The van der Waals surface area contributed by atoms with Crippen LogP contribution in [0.5, 0.6) is 23.0 Å². The number of nitrogens with zero attached hydrogens (tertiary/aromatic N) is 3. The summed E-state index contributed by atoms with van der Waals surface area (Å²) in [5.41, 5.74) is 1.24. The molecule has 5 rings (SSSR count). The fourth-order valence-electron chi connectivity index (χ4n) is 3.90. The average molecular weight is 549 g/mol. The lowest BCUT2D eigenvalue weighted by atomic mass is 10.2. The van der Waals surface area contributed by atoms with E-state index in [2.05, 4.69) is 15.4 Å². The maximum absolute atomic E-state index is 15.0. The number of aromatic nitrogens is 3. The topological polar surface area (TPSA) is 87.5 Å². The molecule has 1 N–H and O–H groups in total. The van der Waals surface area contributed by atoms with Crippen molar-refractivity contribution in [3.8, 4) is 28.7 Å². The molecule has 0 radical (unpaired) electrons. The van der Waals surface area contributed by atoms with E-state index in [1.807, 2.05) is 6.26 Å². The number of nitrogens with one attached hydrogen (secondary N) is 1. The van der Waals surface area contributed by atoms with Gasteiger partial charge in [0, 0.05) is 29.8 Å². The van der Waals surface area contributed by atoms with Crippen molar-refractivity contribution in [1.82, 2.24) is 14.8 Å². The zero-order chi connectivity index (χ0) is 27.5. The molecule has 0 aliphatic carbocycles. The Morgan fingerprint density at radius 2 is 1.67 bits per heavy atom. The van der Waals surface area contributed by atoms with E-state index >= 15 is 4.39 Å². The lowest BCUT2D eigenvalue weighted by Crippen LogP contribution is -2.14. The van der Waals surface area contributed by atoms with Crippen LogP contribution in [0, 0.1) is 11.6 Å². The maximum Gasteiger partial charge on any atom is 0.276 e. The smallest absolute Gasteiger partial charge is 0.276 e. The van der Waals surface area contributed by atoms with Crippen molar-refractivity contribution in [3.63, 3.8) is 0 Å². The summed E-state index contributed by atoms with van der Waals surface area (Å²) in [4.78, 5) is 17.2. The van der Waals surface area contributed by atoms with Gasteiger partial charge < -0.3 is 19.5 Å². The van der Waals surface area contributed by atoms with Gasteiger partial charge in [-0.15, -0.1) is 11.8 Å². The van der Waals surface area contributed by atoms with Crippen LogP contribution in [0.3, 0.4) is 0 Å². The van der Waals surface area contributed by atoms with Crippen molar-refractivity contribution < 1.29 is 27.8 Å². The minimum absolute atomic E-state index is 0.0413. The van der Waals surface area contributed by atoms with Crippen LogP contribution in [0.15, 0.2) is 78.0 Å². The van der Waals surface area contributed by atoms with E-state index in [4.69, 9.17) is 14.2 Å². The number of amides is 1. The van der Waals surface area contributed by atoms with Crippen LogP contribution in [0.25, 0.3) is 16.6 Å². The first-order chi connectivity index (χ1) is 18.9. The number of benzene rings is 3. The molecule has 11 heteroatoms. The van der Waals surface area contributed by atoms with Crippen LogP contribution in [-0.2, 0) is 0 Å². The van der Waals surface area contributed by atoms with Crippen LogP contribution in [0.1, 0.15) is 10.5 Å². The second-order valence-corrected chi connectivity index (χ2v) is 9.02. The molecule has 198 valence electrons. The molecule has 3 aromatic carbocycles. The third-order valence-electron chi connectivity index (χ3n) is 5.81. The summed E-state index contributed by atoms with van der Waals surface area (Å²) in [5, 5.41) is 8.18. The Labute approximate surface area is 226 Å². The van der Waals surface area contributed by atoms with Gasteiger partial charge in [-0.05, 0) is 54.8 Å². The highest BCUT2D eigenvalue weighted by Crippen LogP contribution is 2.37. The monoisotopic (exact) mass is 548 g/mol. The van der Waals surface area contributed by atoms with Crippen molar-refractivity contribution in [2.45, 2.75) is 5.03 Å². The van der Waals surface area contributed by atoms with Crippen LogP contribution in [0.2, 0.25) is 0 Å². The van der Waals surface area contributed by atoms with Crippen LogP contribution >= 0.6 is 11.8 Å². The van der Waals surface area contributed by atoms with Gasteiger partial charge in [0.2, 0.25) is 0 Å². The fourth-order valence-corrected chi connectivity index (χ4v) is 4.45. The molecular weight excluding hydrogens is 526 g/mol. The van der Waals surface area contributed by atoms with Gasteiger partial charge in [-0.3, -0.25) is 9.78 Å². The van der Waals surface area contributed by atoms with E-state index in [1.54, 1.807) is 42.6 Å². The van der Waals surface area contributed by atoms with E-state index in [-0.39, 0.29) is 22.9 Å². The molecule has 0 aliphatic rings. The minimum Gasteiger partial charge on any atom is -0.493 e. The molecule has 0 atom stereocenters. The standard InChI is InChI=1S/C28H22F2N4O4S/c1-36-25-13-19-22(14-26(25)37-2)31-11-10-24(19)38-18-8-9-21(20(30)12-18)32-28(35)23-15-27(39-3)34(33-23)17-6-4-16(29)5-7-17/h4-15H,1-3H3,(H,32,35). The van der Waals surface area contributed by atoms with Gasteiger partial charge in [0.1, 0.15) is 28.2 Å². The Kier molecular flexibility index (Phi) is 7.33. The van der Waals surface area contributed by atoms with Gasteiger partial charge in [0.15, 0.2) is 17.2 Å².